The summed E-state index contributed by atoms with van der Waals surface area (Å²) in [5.74, 6) is 0. The van der Waals surface area contributed by atoms with Gasteiger partial charge >= 0.3 is 7.12 Å². The highest BCUT2D eigenvalue weighted by molar-refractivity contribution is 6.58. The van der Waals surface area contributed by atoms with Crippen molar-refractivity contribution in [2.45, 2.75) is 0 Å². The van der Waals surface area contributed by atoms with E-state index in [0.717, 1.165) is 10.8 Å². The van der Waals surface area contributed by atoms with Crippen molar-refractivity contribution in [1.29, 1.82) is 0 Å². The van der Waals surface area contributed by atoms with Gasteiger partial charge in [-0.25, -0.2) is 0 Å². The summed E-state index contributed by atoms with van der Waals surface area (Å²) < 4.78 is 31.8. The van der Waals surface area contributed by atoms with Gasteiger partial charge in [0.05, 0.1) is 5.48 Å². The lowest BCUT2D eigenvalue weighted by Crippen LogP contribution is -2.29. The van der Waals surface area contributed by atoms with Gasteiger partial charge in [0.2, 0.25) is 0 Å². The maximum absolute atomic E-state index is 9.41. The molecular formula is C16H13BO2. The summed E-state index contributed by atoms with van der Waals surface area (Å²) in [6.07, 6.45) is 0. The van der Waals surface area contributed by atoms with E-state index in [4.69, 9.17) is 5.48 Å². The molecule has 0 bridgehead atoms. The molecule has 3 rings (SSSR count). The van der Waals surface area contributed by atoms with Crippen LogP contribution in [0.3, 0.4) is 0 Å². The zero-order valence-corrected chi connectivity index (χ0v) is 10.0. The minimum absolute atomic E-state index is 0.125. The van der Waals surface area contributed by atoms with Crippen LogP contribution in [-0.2, 0) is 0 Å². The number of hydrogen-bond donors (Lipinski definition) is 2. The van der Waals surface area contributed by atoms with Crippen molar-refractivity contribution >= 4 is 23.4 Å². The van der Waals surface area contributed by atoms with E-state index in [0.29, 0.717) is 5.56 Å². The third-order valence-electron chi connectivity index (χ3n) is 2.94. The third kappa shape index (κ3) is 2.39. The van der Waals surface area contributed by atoms with Crippen LogP contribution in [0.2, 0.25) is 0 Å². The Morgan fingerprint density at radius 3 is 2.47 bits per heavy atom. The molecule has 0 aliphatic rings. The molecule has 0 fully saturated rings. The van der Waals surface area contributed by atoms with Crippen LogP contribution >= 0.6 is 0 Å². The fourth-order valence-electron chi connectivity index (χ4n) is 1.98. The van der Waals surface area contributed by atoms with Crippen LogP contribution in [0.4, 0.5) is 0 Å². The second-order valence-corrected chi connectivity index (χ2v) is 4.22. The van der Waals surface area contributed by atoms with Crippen molar-refractivity contribution in [2.75, 3.05) is 0 Å². The van der Waals surface area contributed by atoms with Crippen molar-refractivity contribution in [3.05, 3.63) is 66.6 Å². The maximum Gasteiger partial charge on any atom is 0.488 e. The maximum atomic E-state index is 9.41. The van der Waals surface area contributed by atoms with Gasteiger partial charge in [-0.2, -0.15) is 0 Å². The molecule has 0 aromatic heterocycles. The van der Waals surface area contributed by atoms with Gasteiger partial charge in [-0.15, -0.1) is 0 Å². The Morgan fingerprint density at radius 1 is 0.895 bits per heavy atom. The summed E-state index contributed by atoms with van der Waals surface area (Å²) in [4.78, 5) is 0. The second-order valence-electron chi connectivity index (χ2n) is 4.22. The van der Waals surface area contributed by atoms with Gasteiger partial charge in [-0.1, -0.05) is 60.6 Å². The van der Waals surface area contributed by atoms with Crippen LogP contribution in [0.15, 0.2) is 66.6 Å². The number of fused-ring (bicyclic) bond motifs is 1. The predicted octanol–water partition coefficient (Wildman–Crippen LogP) is 2.19. The molecule has 0 unspecified atom stereocenters. The largest absolute Gasteiger partial charge is 0.488 e. The Labute approximate surface area is 117 Å². The van der Waals surface area contributed by atoms with Crippen LogP contribution in [0.5, 0.6) is 0 Å². The van der Waals surface area contributed by atoms with Gasteiger partial charge in [-0.3, -0.25) is 0 Å². The van der Waals surface area contributed by atoms with Crippen LogP contribution in [-0.4, -0.2) is 17.2 Å². The van der Waals surface area contributed by atoms with Crippen molar-refractivity contribution < 1.29 is 15.5 Å². The van der Waals surface area contributed by atoms with Gasteiger partial charge in [0, 0.05) is 0 Å². The molecule has 2 N–H and O–H groups in total. The SMILES string of the molecule is [2H]c1c([2H])c(B(O)O)c([2H])c(-c2ccc3ccccc3c2)c1[2H]. The molecule has 19 heavy (non-hydrogen) atoms. The first-order valence-corrected chi connectivity index (χ1v) is 5.87. The molecule has 92 valence electrons. The van der Waals surface area contributed by atoms with Crippen LogP contribution in [0.1, 0.15) is 5.48 Å². The Morgan fingerprint density at radius 2 is 1.68 bits per heavy atom. The van der Waals surface area contributed by atoms with Gasteiger partial charge in [0.25, 0.3) is 0 Å². The Bertz CT molecular complexity index is 912. The van der Waals surface area contributed by atoms with E-state index in [9.17, 15) is 10.0 Å². The average Bonchev–Trinajstić information content (AvgIpc) is 2.52. The molecule has 0 radical (unpaired) electrons. The van der Waals surface area contributed by atoms with Gasteiger partial charge < -0.3 is 10.0 Å². The van der Waals surface area contributed by atoms with E-state index >= 15 is 0 Å². The van der Waals surface area contributed by atoms with Crippen LogP contribution in [0.25, 0.3) is 21.9 Å². The van der Waals surface area contributed by atoms with Crippen LogP contribution in [0, 0.1) is 0 Å². The summed E-state index contributed by atoms with van der Waals surface area (Å²) in [5, 5.41) is 20.7. The summed E-state index contributed by atoms with van der Waals surface area (Å²) in [6, 6.07) is 11.5. The molecule has 3 heteroatoms. The van der Waals surface area contributed by atoms with E-state index in [1.54, 1.807) is 12.1 Å². The normalized spacial score (nSPS) is 13.6. The topological polar surface area (TPSA) is 40.5 Å². The lowest BCUT2D eigenvalue weighted by molar-refractivity contribution is 0.426. The molecule has 0 atom stereocenters. The molecule has 0 heterocycles. The quantitative estimate of drug-likeness (QED) is 0.686. The first-order chi connectivity index (χ1) is 10.9. The van der Waals surface area contributed by atoms with E-state index < -0.39 is 19.2 Å². The first-order valence-electron chi connectivity index (χ1n) is 7.87. The summed E-state index contributed by atoms with van der Waals surface area (Å²) >= 11 is 0. The van der Waals surface area contributed by atoms with Crippen molar-refractivity contribution in [1.82, 2.24) is 0 Å². The minimum Gasteiger partial charge on any atom is -0.423 e. The first kappa shape index (κ1) is 8.15. The summed E-state index contributed by atoms with van der Waals surface area (Å²) in [7, 11) is -2.03. The predicted molar refractivity (Wildman–Crippen MR) is 79.2 cm³/mol. The zero-order valence-electron chi connectivity index (χ0n) is 14.0. The Hall–Kier alpha value is -2.10. The second kappa shape index (κ2) is 4.88. The molecule has 0 aliphatic carbocycles. The molecule has 3 aromatic carbocycles. The van der Waals surface area contributed by atoms with Gasteiger partial charge in [0.1, 0.15) is 0 Å². The van der Waals surface area contributed by atoms with E-state index in [1.807, 2.05) is 30.3 Å². The number of benzene rings is 3. The Balaban J connectivity index is 2.33. The monoisotopic (exact) mass is 252 g/mol. The zero-order chi connectivity index (χ0) is 16.7. The van der Waals surface area contributed by atoms with Crippen molar-refractivity contribution in [3.63, 3.8) is 0 Å². The van der Waals surface area contributed by atoms with E-state index in [2.05, 4.69) is 0 Å². The van der Waals surface area contributed by atoms with Crippen molar-refractivity contribution in [2.24, 2.45) is 0 Å². The van der Waals surface area contributed by atoms with Crippen LogP contribution < -0.4 is 5.46 Å². The average molecular weight is 252 g/mol. The molecule has 0 spiro atoms. The Kier molecular flexibility index (Phi) is 2.09. The minimum atomic E-state index is -2.03. The van der Waals surface area contributed by atoms with Gasteiger partial charge in [-0.05, 0) is 33.4 Å². The van der Waals surface area contributed by atoms with Gasteiger partial charge in [0.15, 0.2) is 0 Å². The molecule has 3 aromatic rings. The molecule has 0 saturated carbocycles. The molecule has 2 nitrogen and oxygen atoms in total. The van der Waals surface area contributed by atoms with E-state index in [1.165, 1.54) is 0 Å². The van der Waals surface area contributed by atoms with E-state index in [-0.39, 0.29) is 23.1 Å². The fraction of sp³-hybridized carbons (Fsp3) is 0. The summed E-state index contributed by atoms with van der Waals surface area (Å²) in [6.45, 7) is 0. The lowest BCUT2D eigenvalue weighted by Gasteiger charge is -2.06. The molecule has 0 aliphatic heterocycles. The molecule has 0 saturated heterocycles. The summed E-state index contributed by atoms with van der Waals surface area (Å²) in [5.41, 5.74) is 0.308. The van der Waals surface area contributed by atoms with Crippen molar-refractivity contribution in [3.8, 4) is 11.1 Å². The standard InChI is InChI=1S/C16H13BO2/c18-17(19)16-7-3-6-14(11-16)15-9-8-12-4-1-2-5-13(12)10-15/h1-11,18-19H/i3D,6D,7D,11D. The highest BCUT2D eigenvalue weighted by Gasteiger charge is 2.11. The molecular weight excluding hydrogens is 235 g/mol. The third-order valence-corrected chi connectivity index (χ3v) is 2.94. The number of rotatable bonds is 2. The smallest absolute Gasteiger partial charge is 0.423 e. The number of hydrogen-bond acceptors (Lipinski definition) is 2. The molecule has 0 amide bonds. The fourth-order valence-corrected chi connectivity index (χ4v) is 1.98. The highest BCUT2D eigenvalue weighted by atomic mass is 16.4. The lowest BCUT2D eigenvalue weighted by atomic mass is 9.79. The highest BCUT2D eigenvalue weighted by Crippen LogP contribution is 2.23.